The average molecular weight is 286 g/mol. The summed E-state index contributed by atoms with van der Waals surface area (Å²) in [6.07, 6.45) is -0.730. The lowest BCUT2D eigenvalue weighted by Gasteiger charge is -2.14. The van der Waals surface area contributed by atoms with E-state index in [-0.39, 0.29) is 12.4 Å². The molecule has 112 valence electrons. The van der Waals surface area contributed by atoms with Crippen molar-refractivity contribution in [2.45, 2.75) is 20.0 Å². The maximum absolute atomic E-state index is 13.3. The Bertz CT molecular complexity index is 454. The minimum absolute atomic E-state index is 0.0116. The molecule has 0 fully saturated rings. The van der Waals surface area contributed by atoms with Crippen LogP contribution in [0.25, 0.3) is 0 Å². The Balaban J connectivity index is 2.41. The number of nitrogens with one attached hydrogen (secondary N) is 1. The Labute approximate surface area is 116 Å². The molecule has 1 aromatic rings. The summed E-state index contributed by atoms with van der Waals surface area (Å²) in [7, 11) is 0. The number of ether oxygens (including phenoxy) is 1. The predicted molar refractivity (Wildman–Crippen MR) is 72.3 cm³/mol. The van der Waals surface area contributed by atoms with Crippen molar-refractivity contribution >= 4 is 5.69 Å². The maximum Gasteiger partial charge on any atom is 0.305 e. The lowest BCUT2D eigenvalue weighted by molar-refractivity contribution is -0.387. The quantitative estimate of drug-likeness (QED) is 0.561. The minimum atomic E-state index is -0.958. The van der Waals surface area contributed by atoms with Gasteiger partial charge in [0.2, 0.25) is 5.82 Å². The van der Waals surface area contributed by atoms with Gasteiger partial charge in [0, 0.05) is 18.7 Å². The fourth-order valence-corrected chi connectivity index (χ4v) is 1.52. The van der Waals surface area contributed by atoms with E-state index in [0.29, 0.717) is 12.5 Å². The molecule has 1 rings (SSSR count). The molecule has 0 aliphatic rings. The van der Waals surface area contributed by atoms with E-state index in [1.165, 1.54) is 6.07 Å². The van der Waals surface area contributed by atoms with Crippen LogP contribution >= 0.6 is 0 Å². The van der Waals surface area contributed by atoms with E-state index < -0.39 is 22.5 Å². The molecule has 0 saturated heterocycles. The van der Waals surface area contributed by atoms with Gasteiger partial charge in [-0.1, -0.05) is 13.8 Å². The molecule has 0 spiro atoms. The third-order valence-electron chi connectivity index (χ3n) is 2.49. The van der Waals surface area contributed by atoms with Gasteiger partial charge in [-0.3, -0.25) is 10.1 Å². The fraction of sp³-hybridized carbons (Fsp3) is 0.538. The number of rotatable bonds is 8. The van der Waals surface area contributed by atoms with Crippen LogP contribution in [0.1, 0.15) is 13.8 Å². The average Bonchev–Trinajstić information content (AvgIpc) is 2.35. The summed E-state index contributed by atoms with van der Waals surface area (Å²) in [5, 5.41) is 23.2. The van der Waals surface area contributed by atoms with Crippen molar-refractivity contribution in [3.8, 4) is 5.75 Å². The number of aliphatic hydroxyl groups is 1. The Hall–Kier alpha value is -1.73. The third kappa shape index (κ3) is 5.50. The van der Waals surface area contributed by atoms with Crippen LogP contribution in [0.15, 0.2) is 18.2 Å². The zero-order valence-electron chi connectivity index (χ0n) is 11.5. The van der Waals surface area contributed by atoms with Gasteiger partial charge in [0.05, 0.1) is 4.92 Å². The van der Waals surface area contributed by atoms with Gasteiger partial charge in [0.1, 0.15) is 18.5 Å². The van der Waals surface area contributed by atoms with Crippen LogP contribution in [0.2, 0.25) is 0 Å². The second-order valence-electron chi connectivity index (χ2n) is 4.89. The second-order valence-corrected chi connectivity index (χ2v) is 4.89. The van der Waals surface area contributed by atoms with Gasteiger partial charge in [-0.2, -0.15) is 4.39 Å². The molecule has 0 aromatic heterocycles. The summed E-state index contributed by atoms with van der Waals surface area (Å²) < 4.78 is 18.5. The lowest BCUT2D eigenvalue weighted by atomic mass is 10.2. The third-order valence-corrected chi connectivity index (χ3v) is 2.49. The van der Waals surface area contributed by atoms with E-state index >= 15 is 0 Å². The van der Waals surface area contributed by atoms with E-state index in [9.17, 15) is 19.6 Å². The maximum atomic E-state index is 13.3. The monoisotopic (exact) mass is 286 g/mol. The summed E-state index contributed by atoms with van der Waals surface area (Å²) >= 11 is 0. The normalized spacial score (nSPS) is 12.4. The largest absolute Gasteiger partial charge is 0.491 e. The summed E-state index contributed by atoms with van der Waals surface area (Å²) in [6.45, 7) is 5.24. The highest BCUT2D eigenvalue weighted by atomic mass is 19.1. The second kappa shape index (κ2) is 7.76. The molecule has 1 aromatic carbocycles. The van der Waals surface area contributed by atoms with Crippen molar-refractivity contribution in [3.05, 3.63) is 34.1 Å². The number of hydrogen-bond acceptors (Lipinski definition) is 5. The SMILES string of the molecule is CC(C)CNCC(O)COc1ccc([N+](=O)[O-])c(F)c1. The van der Waals surface area contributed by atoms with E-state index in [1.807, 2.05) is 0 Å². The van der Waals surface area contributed by atoms with Gasteiger partial charge in [0.25, 0.3) is 0 Å². The van der Waals surface area contributed by atoms with Crippen LogP contribution in [-0.4, -0.2) is 35.8 Å². The summed E-state index contributed by atoms with van der Waals surface area (Å²) in [5.41, 5.74) is -0.600. The Morgan fingerprint density at radius 1 is 1.45 bits per heavy atom. The summed E-state index contributed by atoms with van der Waals surface area (Å²) in [5.74, 6) is -0.331. The molecule has 0 saturated carbocycles. The molecule has 0 radical (unpaired) electrons. The van der Waals surface area contributed by atoms with Crippen LogP contribution in [0.4, 0.5) is 10.1 Å². The Morgan fingerprint density at radius 3 is 2.70 bits per heavy atom. The van der Waals surface area contributed by atoms with Crippen molar-refractivity contribution in [2.75, 3.05) is 19.7 Å². The van der Waals surface area contributed by atoms with Crippen molar-refractivity contribution in [1.29, 1.82) is 0 Å². The van der Waals surface area contributed by atoms with E-state index in [0.717, 1.165) is 18.7 Å². The molecule has 0 heterocycles. The number of aliphatic hydroxyl groups excluding tert-OH is 1. The van der Waals surface area contributed by atoms with Gasteiger partial charge in [-0.25, -0.2) is 0 Å². The van der Waals surface area contributed by atoms with Gasteiger partial charge < -0.3 is 15.2 Å². The molecule has 1 atom stereocenters. The zero-order valence-corrected chi connectivity index (χ0v) is 11.5. The molecule has 6 nitrogen and oxygen atoms in total. The molecule has 0 aliphatic heterocycles. The van der Waals surface area contributed by atoms with E-state index in [2.05, 4.69) is 19.2 Å². The fourth-order valence-electron chi connectivity index (χ4n) is 1.52. The van der Waals surface area contributed by atoms with Crippen LogP contribution in [0.3, 0.4) is 0 Å². The lowest BCUT2D eigenvalue weighted by Crippen LogP contribution is -2.33. The van der Waals surface area contributed by atoms with E-state index in [4.69, 9.17) is 4.74 Å². The number of hydrogen-bond donors (Lipinski definition) is 2. The van der Waals surface area contributed by atoms with Gasteiger partial charge >= 0.3 is 5.69 Å². The van der Waals surface area contributed by atoms with Crippen molar-refractivity contribution in [1.82, 2.24) is 5.32 Å². The first kappa shape index (κ1) is 16.3. The first-order chi connectivity index (χ1) is 9.40. The Morgan fingerprint density at radius 2 is 2.15 bits per heavy atom. The molecule has 0 bridgehead atoms. The molecular formula is C13H19FN2O4. The van der Waals surface area contributed by atoms with Crippen LogP contribution < -0.4 is 10.1 Å². The van der Waals surface area contributed by atoms with Gasteiger partial charge in [-0.15, -0.1) is 0 Å². The zero-order chi connectivity index (χ0) is 15.1. The molecule has 7 heteroatoms. The summed E-state index contributed by atoms with van der Waals surface area (Å²) in [4.78, 5) is 9.65. The van der Waals surface area contributed by atoms with Crippen LogP contribution in [0.5, 0.6) is 5.75 Å². The molecule has 0 aliphatic carbocycles. The Kier molecular flexibility index (Phi) is 6.33. The minimum Gasteiger partial charge on any atom is -0.491 e. The topological polar surface area (TPSA) is 84.6 Å². The van der Waals surface area contributed by atoms with Gasteiger partial charge in [-0.05, 0) is 18.5 Å². The molecule has 1 unspecified atom stereocenters. The van der Waals surface area contributed by atoms with E-state index in [1.54, 1.807) is 0 Å². The first-order valence-corrected chi connectivity index (χ1v) is 6.35. The highest BCUT2D eigenvalue weighted by molar-refractivity contribution is 5.37. The summed E-state index contributed by atoms with van der Waals surface area (Å²) in [6, 6.07) is 3.27. The van der Waals surface area contributed by atoms with Crippen molar-refractivity contribution in [2.24, 2.45) is 5.92 Å². The number of nitrogens with zero attached hydrogens (tertiary/aromatic N) is 1. The molecule has 0 amide bonds. The predicted octanol–water partition coefficient (Wildman–Crippen LogP) is 1.72. The standard InChI is InChI=1S/C13H19FN2O4/c1-9(2)6-15-7-10(17)8-20-11-3-4-13(16(18)19)12(14)5-11/h3-5,9-10,15,17H,6-8H2,1-2H3. The van der Waals surface area contributed by atoms with Crippen molar-refractivity contribution < 1.29 is 19.2 Å². The smallest absolute Gasteiger partial charge is 0.305 e. The number of benzene rings is 1. The number of nitro groups is 1. The van der Waals surface area contributed by atoms with Gasteiger partial charge in [0.15, 0.2) is 0 Å². The first-order valence-electron chi connectivity index (χ1n) is 6.35. The molecule has 20 heavy (non-hydrogen) atoms. The molecular weight excluding hydrogens is 267 g/mol. The van der Waals surface area contributed by atoms with Crippen LogP contribution in [0, 0.1) is 21.8 Å². The van der Waals surface area contributed by atoms with Crippen LogP contribution in [-0.2, 0) is 0 Å². The van der Waals surface area contributed by atoms with Crippen molar-refractivity contribution in [3.63, 3.8) is 0 Å². The highest BCUT2D eigenvalue weighted by Gasteiger charge is 2.14. The molecule has 2 N–H and O–H groups in total. The highest BCUT2D eigenvalue weighted by Crippen LogP contribution is 2.22. The number of halogens is 1. The number of nitro benzene ring substituents is 1.